The molecule has 1 radical (unpaired) electrons. The maximum atomic E-state index is 5.77. The molecule has 1 aromatic rings. The fraction of sp³-hybridized carbons (Fsp3) is 0.556. The van der Waals surface area contributed by atoms with Gasteiger partial charge >= 0.3 is 0 Å². The maximum absolute atomic E-state index is 5.77. The minimum absolute atomic E-state index is 0. The van der Waals surface area contributed by atoms with Crippen molar-refractivity contribution in [3.8, 4) is 0 Å². The normalized spacial score (nSPS) is 21.0. The van der Waals surface area contributed by atoms with Crippen LogP contribution in [0.15, 0.2) is 16.1 Å². The van der Waals surface area contributed by atoms with Crippen molar-refractivity contribution < 1.29 is 29.6 Å². The molecule has 0 aliphatic carbocycles. The van der Waals surface area contributed by atoms with Crippen LogP contribution < -0.4 is 0 Å². The van der Waals surface area contributed by atoms with Gasteiger partial charge in [-0.1, -0.05) is 25.0 Å². The molecule has 2 heterocycles. The van der Waals surface area contributed by atoms with Crippen LogP contribution in [0.1, 0.15) is 49.9 Å². The Hall–Kier alpha value is -1.19. The summed E-state index contributed by atoms with van der Waals surface area (Å²) in [6, 6.07) is 5.55. The molecule has 4 nitrogen and oxygen atoms in total. The summed E-state index contributed by atoms with van der Waals surface area (Å²) in [4.78, 5) is 9.32. The molecule has 0 fully saturated rings. The van der Waals surface area contributed by atoms with E-state index in [1.165, 1.54) is 0 Å². The van der Waals surface area contributed by atoms with Gasteiger partial charge in [0.2, 0.25) is 0 Å². The minimum atomic E-state index is -0.177. The topological polar surface area (TPSA) is 43.2 Å². The van der Waals surface area contributed by atoms with Gasteiger partial charge in [0.25, 0.3) is 0 Å². The molecule has 0 saturated carbocycles. The van der Waals surface area contributed by atoms with E-state index in [9.17, 15) is 0 Å². The predicted molar refractivity (Wildman–Crippen MR) is 87.9 cm³/mol. The van der Waals surface area contributed by atoms with Gasteiger partial charge in [0.1, 0.15) is 25.0 Å². The predicted octanol–water partition coefficient (Wildman–Crippen LogP) is 3.21. The molecule has 3 rings (SSSR count). The molecule has 0 saturated heterocycles. The molecular weight excluding hydrogens is 468 g/mol. The van der Waals surface area contributed by atoms with Crippen LogP contribution >= 0.6 is 0 Å². The summed E-state index contributed by atoms with van der Waals surface area (Å²) >= 11 is 0. The molecule has 2 aliphatic rings. The van der Waals surface area contributed by atoms with Crippen molar-refractivity contribution in [3.63, 3.8) is 0 Å². The number of rotatable bonds is 2. The van der Waals surface area contributed by atoms with Gasteiger partial charge in [0.15, 0.2) is 0 Å². The Kier molecular flexibility index (Phi) is 4.76. The van der Waals surface area contributed by atoms with Crippen molar-refractivity contribution in [1.29, 1.82) is 0 Å². The van der Waals surface area contributed by atoms with E-state index in [0.29, 0.717) is 25.0 Å². The average Bonchev–Trinajstić information content (AvgIpc) is 2.92. The van der Waals surface area contributed by atoms with Crippen LogP contribution in [0.4, 0.5) is 0 Å². The van der Waals surface area contributed by atoms with Crippen LogP contribution in [-0.4, -0.2) is 36.1 Å². The smallest absolute Gasteiger partial charge is 0.148 e. The SMILES string of the molecule is Cc1cc(C)c(C2=NC(C)(C)CO2)[c-]c1C1=NC(C)(C)CO1.[Ir]. The Balaban J connectivity index is 0.00000192. The van der Waals surface area contributed by atoms with Crippen LogP contribution in [-0.2, 0) is 29.6 Å². The molecular formula is C18H23IrN2O2-. The van der Waals surface area contributed by atoms with E-state index in [0.717, 1.165) is 22.3 Å². The maximum Gasteiger partial charge on any atom is 0.148 e. The first kappa shape index (κ1) is 18.2. The first-order valence-corrected chi connectivity index (χ1v) is 7.66. The quantitative estimate of drug-likeness (QED) is 0.597. The third-order valence-electron chi connectivity index (χ3n) is 3.83. The average molecular weight is 492 g/mol. The van der Waals surface area contributed by atoms with Crippen molar-refractivity contribution in [2.45, 2.75) is 52.6 Å². The number of aryl methyl sites for hydroxylation is 2. The van der Waals surface area contributed by atoms with Crippen molar-refractivity contribution in [2.75, 3.05) is 13.2 Å². The number of hydrogen-bond donors (Lipinski definition) is 0. The van der Waals surface area contributed by atoms with E-state index in [1.807, 2.05) is 0 Å². The largest absolute Gasteiger partial charge is 0.509 e. The van der Waals surface area contributed by atoms with Crippen molar-refractivity contribution in [1.82, 2.24) is 0 Å². The Bertz CT molecular complexity index is 635. The zero-order valence-electron chi connectivity index (χ0n) is 14.5. The van der Waals surface area contributed by atoms with Crippen molar-refractivity contribution in [2.24, 2.45) is 9.98 Å². The third-order valence-corrected chi connectivity index (χ3v) is 3.83. The van der Waals surface area contributed by atoms with Gasteiger partial charge < -0.3 is 9.47 Å². The van der Waals surface area contributed by atoms with E-state index >= 15 is 0 Å². The molecule has 0 atom stereocenters. The zero-order valence-corrected chi connectivity index (χ0v) is 16.9. The zero-order chi connectivity index (χ0) is 16.1. The second-order valence-corrected chi connectivity index (χ2v) is 7.42. The monoisotopic (exact) mass is 492 g/mol. The Labute approximate surface area is 151 Å². The first-order valence-electron chi connectivity index (χ1n) is 7.66. The molecule has 0 N–H and O–H groups in total. The van der Waals surface area contributed by atoms with E-state index in [4.69, 9.17) is 9.47 Å². The summed E-state index contributed by atoms with van der Waals surface area (Å²) < 4.78 is 11.5. The summed E-state index contributed by atoms with van der Waals surface area (Å²) in [6.45, 7) is 13.6. The third kappa shape index (κ3) is 3.67. The summed E-state index contributed by atoms with van der Waals surface area (Å²) in [5, 5.41) is 0. The van der Waals surface area contributed by atoms with Gasteiger partial charge in [-0.05, 0) is 27.7 Å². The van der Waals surface area contributed by atoms with Gasteiger partial charge in [-0.25, -0.2) is 0 Å². The van der Waals surface area contributed by atoms with E-state index in [2.05, 4.69) is 63.7 Å². The molecule has 0 bridgehead atoms. The number of hydrogen-bond acceptors (Lipinski definition) is 4. The minimum Gasteiger partial charge on any atom is -0.509 e. The van der Waals surface area contributed by atoms with Crippen LogP contribution in [0.5, 0.6) is 0 Å². The van der Waals surface area contributed by atoms with Gasteiger partial charge in [-0.15, -0.1) is 23.3 Å². The number of nitrogens with zero attached hydrogens (tertiary/aromatic N) is 2. The Morgan fingerprint density at radius 3 is 1.57 bits per heavy atom. The first-order chi connectivity index (χ1) is 10.2. The molecule has 2 aliphatic heterocycles. The number of ether oxygens (including phenoxy) is 2. The fourth-order valence-electron chi connectivity index (χ4n) is 2.66. The number of aliphatic imine (C=N–C) groups is 2. The molecule has 0 unspecified atom stereocenters. The van der Waals surface area contributed by atoms with Crippen LogP contribution in [0, 0.1) is 19.9 Å². The molecule has 127 valence electrons. The molecule has 23 heavy (non-hydrogen) atoms. The summed E-state index contributed by atoms with van der Waals surface area (Å²) in [5.41, 5.74) is 3.67. The molecule has 0 aromatic heterocycles. The van der Waals surface area contributed by atoms with Gasteiger partial charge in [0, 0.05) is 20.1 Å². The van der Waals surface area contributed by atoms with E-state index < -0.39 is 0 Å². The van der Waals surface area contributed by atoms with Crippen LogP contribution in [0.25, 0.3) is 0 Å². The molecule has 0 amide bonds. The summed E-state index contributed by atoms with van der Waals surface area (Å²) in [7, 11) is 0. The van der Waals surface area contributed by atoms with E-state index in [-0.39, 0.29) is 31.2 Å². The van der Waals surface area contributed by atoms with Crippen molar-refractivity contribution >= 4 is 11.8 Å². The number of benzene rings is 1. The van der Waals surface area contributed by atoms with E-state index in [1.54, 1.807) is 0 Å². The summed E-state index contributed by atoms with van der Waals surface area (Å²) in [6.07, 6.45) is 0. The second-order valence-electron chi connectivity index (χ2n) is 7.42. The summed E-state index contributed by atoms with van der Waals surface area (Å²) in [5.74, 6) is 1.34. The Morgan fingerprint density at radius 1 is 0.870 bits per heavy atom. The van der Waals surface area contributed by atoms with Crippen molar-refractivity contribution in [3.05, 3.63) is 34.4 Å². The molecule has 0 spiro atoms. The Morgan fingerprint density at radius 2 is 1.26 bits per heavy atom. The van der Waals surface area contributed by atoms with Gasteiger partial charge in [-0.3, -0.25) is 9.98 Å². The fourth-order valence-corrected chi connectivity index (χ4v) is 2.66. The van der Waals surface area contributed by atoms with Crippen LogP contribution in [0.3, 0.4) is 0 Å². The second kappa shape index (κ2) is 6.03. The van der Waals surface area contributed by atoms with Gasteiger partial charge in [0.05, 0.1) is 11.1 Å². The standard InChI is InChI=1S/C18H23N2O2.Ir/c1-11-7-12(2)14(16-20-18(5,6)10-22-16)8-13(11)15-19-17(3,4)9-21-15;/h7H,9-10H2,1-6H3;/q-1;. The van der Waals surface area contributed by atoms with Gasteiger partial charge in [-0.2, -0.15) is 0 Å². The molecule has 1 aromatic carbocycles. The molecule has 5 heteroatoms. The van der Waals surface area contributed by atoms with Crippen LogP contribution in [0.2, 0.25) is 0 Å².